The third-order valence-electron chi connectivity index (χ3n) is 4.90. The molecule has 1 saturated heterocycles. The zero-order chi connectivity index (χ0) is 23.0. The molecule has 3 atom stereocenters. The van der Waals surface area contributed by atoms with E-state index in [4.69, 9.17) is 49.8 Å². The average Bonchev–Trinajstić information content (AvgIpc) is 3.30. The Morgan fingerprint density at radius 2 is 1.68 bits per heavy atom. The normalized spacial score (nSPS) is 20.9. The minimum Gasteiger partial charge on any atom is -0.383 e. The van der Waals surface area contributed by atoms with Crippen LogP contribution in [0.15, 0.2) is 36.8 Å². The molecule has 2 unspecified atom stereocenters. The zero-order valence-corrected chi connectivity index (χ0v) is 19.5. The van der Waals surface area contributed by atoms with Gasteiger partial charge in [0, 0.05) is 6.20 Å². The largest absolute Gasteiger partial charge is 0.383 e. The monoisotopic (exact) mass is 487 g/mol. The first-order valence-electron chi connectivity index (χ1n) is 9.63. The van der Waals surface area contributed by atoms with Gasteiger partial charge in [0.15, 0.2) is 5.79 Å². The van der Waals surface area contributed by atoms with Crippen molar-refractivity contribution < 1.29 is 20.1 Å². The zero-order valence-electron chi connectivity index (χ0n) is 17.3. The summed E-state index contributed by atoms with van der Waals surface area (Å²) < 4.78 is 8.10. The molecule has 31 heavy (non-hydrogen) atoms. The second-order valence-electron chi connectivity index (χ2n) is 8.05. The van der Waals surface area contributed by atoms with Crippen molar-refractivity contribution in [2.24, 2.45) is 0 Å². The fourth-order valence-electron chi connectivity index (χ4n) is 3.41. The number of hydrogen-bond donors (Lipinski definition) is 3. The minimum atomic E-state index is -1.50. The molecule has 2 aromatic heterocycles. The number of halogens is 3. The van der Waals surface area contributed by atoms with Gasteiger partial charge in [-0.25, -0.2) is 9.97 Å². The summed E-state index contributed by atoms with van der Waals surface area (Å²) in [7, 11) is 0. The van der Waals surface area contributed by atoms with Crippen LogP contribution in [0.1, 0.15) is 45.4 Å². The van der Waals surface area contributed by atoms with Crippen LogP contribution in [0.5, 0.6) is 0 Å². The molecule has 3 heterocycles. The van der Waals surface area contributed by atoms with Gasteiger partial charge in [0.2, 0.25) is 0 Å². The van der Waals surface area contributed by atoms with Gasteiger partial charge in [-0.3, -0.25) is 0 Å². The molecule has 1 aromatic carbocycles. The fourth-order valence-corrected chi connectivity index (χ4v) is 3.90. The second-order valence-corrected chi connectivity index (χ2v) is 9.22. The van der Waals surface area contributed by atoms with Crippen LogP contribution in [0.2, 0.25) is 15.2 Å². The summed E-state index contributed by atoms with van der Waals surface area (Å²) in [5, 5.41) is 29.3. The topological polar surface area (TPSA) is 101 Å². The lowest BCUT2D eigenvalue weighted by molar-refractivity contribution is -0.127. The van der Waals surface area contributed by atoms with E-state index < -0.39 is 11.4 Å². The van der Waals surface area contributed by atoms with Gasteiger partial charge in [0.05, 0.1) is 21.5 Å². The first-order valence-corrected chi connectivity index (χ1v) is 10.8. The maximum Gasteiger partial charge on any atom is 0.156 e. The Morgan fingerprint density at radius 3 is 2.32 bits per heavy atom. The SMILES string of the molecule is CC(C)(O)O.C[C@@](O)(c1ccc(Cl)c(Cl)c1)C1CCC(n2ccc3c(Cl)ncnc32)O1. The molecule has 0 bridgehead atoms. The van der Waals surface area contributed by atoms with Gasteiger partial charge in [0.25, 0.3) is 0 Å². The summed E-state index contributed by atoms with van der Waals surface area (Å²) in [6.07, 6.45) is 4.12. The number of aliphatic hydroxyl groups is 3. The van der Waals surface area contributed by atoms with Crippen molar-refractivity contribution in [1.29, 1.82) is 0 Å². The lowest BCUT2D eigenvalue weighted by atomic mass is 9.88. The number of ether oxygens (including phenoxy) is 1. The summed E-state index contributed by atoms with van der Waals surface area (Å²) in [5.74, 6) is -1.50. The van der Waals surface area contributed by atoms with Crippen molar-refractivity contribution >= 4 is 45.8 Å². The Bertz CT molecular complexity index is 1060. The average molecular weight is 489 g/mol. The van der Waals surface area contributed by atoms with Gasteiger partial charge in [0.1, 0.15) is 29.0 Å². The highest BCUT2D eigenvalue weighted by molar-refractivity contribution is 6.42. The third kappa shape index (κ3) is 5.68. The summed E-state index contributed by atoms with van der Waals surface area (Å²) >= 11 is 18.2. The van der Waals surface area contributed by atoms with E-state index in [1.807, 2.05) is 16.8 Å². The molecule has 3 aromatic rings. The maximum absolute atomic E-state index is 11.1. The van der Waals surface area contributed by atoms with Crippen LogP contribution in [0.4, 0.5) is 0 Å². The van der Waals surface area contributed by atoms with E-state index in [-0.39, 0.29) is 12.3 Å². The Hall–Kier alpha value is -1.45. The molecule has 7 nitrogen and oxygen atoms in total. The highest BCUT2D eigenvalue weighted by atomic mass is 35.5. The van der Waals surface area contributed by atoms with Gasteiger partial charge < -0.3 is 24.6 Å². The van der Waals surface area contributed by atoms with Gasteiger partial charge >= 0.3 is 0 Å². The van der Waals surface area contributed by atoms with Crippen molar-refractivity contribution in [1.82, 2.24) is 14.5 Å². The molecule has 1 aliphatic rings. The summed E-state index contributed by atoms with van der Waals surface area (Å²) in [5.41, 5.74) is 0.184. The number of fused-ring (bicyclic) bond motifs is 1. The number of hydrogen-bond acceptors (Lipinski definition) is 6. The van der Waals surface area contributed by atoms with E-state index in [1.165, 1.54) is 20.2 Å². The highest BCUT2D eigenvalue weighted by Crippen LogP contribution is 2.41. The van der Waals surface area contributed by atoms with E-state index in [1.54, 1.807) is 25.1 Å². The smallest absolute Gasteiger partial charge is 0.156 e. The maximum atomic E-state index is 11.1. The molecule has 1 fully saturated rings. The summed E-state index contributed by atoms with van der Waals surface area (Å²) in [6, 6.07) is 6.99. The van der Waals surface area contributed by atoms with Crippen LogP contribution in [-0.2, 0) is 10.3 Å². The molecule has 1 aliphatic heterocycles. The Kier molecular flexibility index (Phi) is 7.18. The minimum absolute atomic E-state index is 0.238. The van der Waals surface area contributed by atoms with Crippen molar-refractivity contribution in [2.75, 3.05) is 0 Å². The molecule has 10 heteroatoms. The number of rotatable bonds is 3. The van der Waals surface area contributed by atoms with E-state index in [0.717, 1.165) is 11.8 Å². The standard InChI is InChI=1S/C18H16Cl3N3O2.C3H8O2/c1-18(25,10-2-3-12(19)13(20)8-10)14-4-5-15(26-14)24-7-6-11-16(21)22-9-23-17(11)24;1-3(2,4)5/h2-3,6-9,14-15,25H,4-5H2,1H3;4-5H,1-2H3/t14?,15?,18-;/m1./s1. The summed E-state index contributed by atoms with van der Waals surface area (Å²) in [6.45, 7) is 4.33. The van der Waals surface area contributed by atoms with Gasteiger partial charge in [-0.15, -0.1) is 0 Å². The first kappa shape index (κ1) is 24.2. The predicted octanol–water partition coefficient (Wildman–Crippen LogP) is 4.68. The summed E-state index contributed by atoms with van der Waals surface area (Å²) in [4.78, 5) is 8.30. The van der Waals surface area contributed by atoms with Crippen molar-refractivity contribution in [3.8, 4) is 0 Å². The lowest BCUT2D eigenvalue weighted by Gasteiger charge is -2.31. The number of aromatic nitrogens is 3. The van der Waals surface area contributed by atoms with E-state index >= 15 is 0 Å². The Morgan fingerprint density at radius 1 is 1.00 bits per heavy atom. The number of benzene rings is 1. The Labute approximate surface area is 195 Å². The second kappa shape index (κ2) is 9.19. The highest BCUT2D eigenvalue weighted by Gasteiger charge is 2.41. The molecular weight excluding hydrogens is 465 g/mol. The molecule has 0 amide bonds. The van der Waals surface area contributed by atoms with Crippen LogP contribution in [0, 0.1) is 0 Å². The van der Waals surface area contributed by atoms with Crippen LogP contribution in [0.25, 0.3) is 11.0 Å². The molecule has 3 N–H and O–H groups in total. The third-order valence-corrected chi connectivity index (χ3v) is 5.94. The molecule has 0 spiro atoms. The molecule has 4 rings (SSSR count). The van der Waals surface area contributed by atoms with Gasteiger partial charge in [-0.05, 0) is 57.4 Å². The van der Waals surface area contributed by atoms with Crippen molar-refractivity contribution in [3.05, 3.63) is 57.6 Å². The van der Waals surface area contributed by atoms with Crippen molar-refractivity contribution in [3.63, 3.8) is 0 Å². The Balaban J connectivity index is 0.000000491. The van der Waals surface area contributed by atoms with Crippen LogP contribution in [0.3, 0.4) is 0 Å². The van der Waals surface area contributed by atoms with Crippen LogP contribution < -0.4 is 0 Å². The number of nitrogens with zero attached hydrogens (tertiary/aromatic N) is 3. The van der Waals surface area contributed by atoms with Crippen molar-refractivity contribution in [2.45, 2.75) is 57.3 Å². The molecule has 0 saturated carbocycles. The van der Waals surface area contributed by atoms with Crippen LogP contribution in [-0.4, -0.2) is 41.7 Å². The predicted molar refractivity (Wildman–Crippen MR) is 120 cm³/mol. The molecule has 0 radical (unpaired) electrons. The van der Waals surface area contributed by atoms with Gasteiger partial charge in [-0.2, -0.15) is 0 Å². The van der Waals surface area contributed by atoms with E-state index in [9.17, 15) is 5.11 Å². The van der Waals surface area contributed by atoms with Crippen LogP contribution >= 0.6 is 34.8 Å². The lowest BCUT2D eigenvalue weighted by Crippen LogP contribution is -2.36. The molecule has 168 valence electrons. The quantitative estimate of drug-likeness (QED) is 0.365. The molecular formula is C21H24Cl3N3O4. The first-order chi connectivity index (χ1) is 14.4. The molecule has 0 aliphatic carbocycles. The fraction of sp³-hybridized carbons (Fsp3) is 0.429. The van der Waals surface area contributed by atoms with E-state index in [0.29, 0.717) is 32.8 Å². The van der Waals surface area contributed by atoms with E-state index in [2.05, 4.69) is 9.97 Å². The van der Waals surface area contributed by atoms with Gasteiger partial charge in [-0.1, -0.05) is 40.9 Å².